The Balaban J connectivity index is 1.26. The third kappa shape index (κ3) is 4.18. The van der Waals surface area contributed by atoms with E-state index in [0.29, 0.717) is 36.6 Å². The zero-order valence-electron chi connectivity index (χ0n) is 17.4. The second-order valence-corrected chi connectivity index (χ2v) is 7.67. The Labute approximate surface area is 185 Å². The first-order chi connectivity index (χ1) is 15.7. The average molecular weight is 426 g/mol. The number of fused-ring (bicyclic) bond motifs is 1. The number of nitrogens with one attached hydrogen (secondary N) is 1. The van der Waals surface area contributed by atoms with Crippen LogP contribution in [0.1, 0.15) is 28.9 Å². The number of amides is 2. The van der Waals surface area contributed by atoms with E-state index >= 15 is 0 Å². The van der Waals surface area contributed by atoms with Gasteiger partial charge in [0.2, 0.25) is 5.91 Å². The number of nitrogens with zero attached hydrogens (tertiary/aromatic N) is 3. The van der Waals surface area contributed by atoms with Crippen LogP contribution in [0.2, 0.25) is 0 Å². The molecule has 3 heterocycles. The molecule has 7 heteroatoms. The summed E-state index contributed by atoms with van der Waals surface area (Å²) in [5, 5.41) is 2.91. The molecular weight excluding hydrogens is 404 g/mol. The van der Waals surface area contributed by atoms with Crippen LogP contribution < -0.4 is 15.0 Å². The van der Waals surface area contributed by atoms with Crippen molar-refractivity contribution >= 4 is 28.8 Å². The van der Waals surface area contributed by atoms with Crippen molar-refractivity contribution in [1.82, 2.24) is 9.38 Å². The number of imidazole rings is 1. The van der Waals surface area contributed by atoms with Gasteiger partial charge in [-0.2, -0.15) is 0 Å². The van der Waals surface area contributed by atoms with Gasteiger partial charge in [0.25, 0.3) is 5.91 Å². The van der Waals surface area contributed by atoms with Gasteiger partial charge in [0, 0.05) is 42.3 Å². The van der Waals surface area contributed by atoms with Crippen LogP contribution in [0.4, 0.5) is 11.4 Å². The molecule has 4 aromatic rings. The molecule has 1 N–H and O–H groups in total. The molecule has 0 bridgehead atoms. The van der Waals surface area contributed by atoms with Crippen LogP contribution in [0.25, 0.3) is 5.65 Å². The molecule has 0 radical (unpaired) electrons. The van der Waals surface area contributed by atoms with Crippen LogP contribution in [-0.2, 0) is 11.4 Å². The first-order valence-electron chi connectivity index (χ1n) is 10.5. The van der Waals surface area contributed by atoms with Crippen molar-refractivity contribution in [2.24, 2.45) is 0 Å². The highest BCUT2D eigenvalue weighted by Crippen LogP contribution is 2.25. The van der Waals surface area contributed by atoms with Gasteiger partial charge in [0.05, 0.1) is 5.69 Å². The number of benzene rings is 2. The van der Waals surface area contributed by atoms with Gasteiger partial charge in [0.15, 0.2) is 0 Å². The fraction of sp³-hybridized carbons (Fsp3) is 0.160. The lowest BCUT2D eigenvalue weighted by molar-refractivity contribution is -0.117. The molecular formula is C25H22N4O3. The number of anilines is 2. The summed E-state index contributed by atoms with van der Waals surface area (Å²) in [6.45, 7) is 1.01. The van der Waals surface area contributed by atoms with Crippen LogP contribution in [0.5, 0.6) is 5.75 Å². The SMILES string of the molecule is O=C(Nc1cccc(N2CCCC2=O)c1)c1cccc(OCc2cn3ccccc3n2)c1. The summed E-state index contributed by atoms with van der Waals surface area (Å²) in [4.78, 5) is 31.1. The quantitative estimate of drug-likeness (QED) is 0.499. The molecule has 1 fully saturated rings. The minimum absolute atomic E-state index is 0.115. The molecule has 1 aliphatic rings. The predicted octanol–water partition coefficient (Wildman–Crippen LogP) is 4.29. The highest BCUT2D eigenvalue weighted by molar-refractivity contribution is 6.05. The molecule has 0 atom stereocenters. The number of carbonyl (C=O) groups is 2. The van der Waals surface area contributed by atoms with E-state index in [4.69, 9.17) is 4.74 Å². The fourth-order valence-electron chi connectivity index (χ4n) is 3.82. The maximum atomic E-state index is 12.8. The number of rotatable bonds is 6. The normalized spacial score (nSPS) is 13.5. The first kappa shape index (κ1) is 19.8. The highest BCUT2D eigenvalue weighted by atomic mass is 16.5. The molecule has 32 heavy (non-hydrogen) atoms. The van der Waals surface area contributed by atoms with E-state index in [1.165, 1.54) is 0 Å². The zero-order valence-corrected chi connectivity index (χ0v) is 17.4. The second-order valence-electron chi connectivity index (χ2n) is 7.67. The number of hydrogen-bond donors (Lipinski definition) is 1. The van der Waals surface area contributed by atoms with Crippen LogP contribution in [-0.4, -0.2) is 27.7 Å². The van der Waals surface area contributed by atoms with Crippen molar-refractivity contribution in [3.05, 3.63) is 90.4 Å². The highest BCUT2D eigenvalue weighted by Gasteiger charge is 2.21. The summed E-state index contributed by atoms with van der Waals surface area (Å²) in [6.07, 6.45) is 5.28. The van der Waals surface area contributed by atoms with Gasteiger partial charge in [-0.05, 0) is 55.0 Å². The summed E-state index contributed by atoms with van der Waals surface area (Å²) in [6, 6.07) is 20.2. The van der Waals surface area contributed by atoms with Crippen LogP contribution in [0.15, 0.2) is 79.1 Å². The molecule has 2 aromatic carbocycles. The number of hydrogen-bond acceptors (Lipinski definition) is 4. The minimum Gasteiger partial charge on any atom is -0.487 e. The Bertz CT molecular complexity index is 1260. The summed E-state index contributed by atoms with van der Waals surface area (Å²) in [5.74, 6) is 0.461. The molecule has 0 saturated carbocycles. The number of carbonyl (C=O) groups excluding carboxylic acids is 2. The summed E-state index contributed by atoms with van der Waals surface area (Å²) < 4.78 is 7.80. The van der Waals surface area contributed by atoms with Gasteiger partial charge in [-0.15, -0.1) is 0 Å². The van der Waals surface area contributed by atoms with Crippen LogP contribution in [0, 0.1) is 0 Å². The molecule has 0 spiro atoms. The van der Waals surface area contributed by atoms with E-state index in [-0.39, 0.29) is 11.8 Å². The Morgan fingerprint density at radius 2 is 1.97 bits per heavy atom. The monoisotopic (exact) mass is 426 g/mol. The lowest BCUT2D eigenvalue weighted by Gasteiger charge is -2.17. The smallest absolute Gasteiger partial charge is 0.255 e. The molecule has 2 amide bonds. The molecule has 2 aromatic heterocycles. The predicted molar refractivity (Wildman–Crippen MR) is 122 cm³/mol. The van der Waals surface area contributed by atoms with Crippen molar-refractivity contribution in [2.75, 3.05) is 16.8 Å². The molecule has 1 aliphatic heterocycles. The number of ether oxygens (including phenoxy) is 1. The van der Waals surface area contributed by atoms with Crippen molar-refractivity contribution < 1.29 is 14.3 Å². The molecule has 160 valence electrons. The van der Waals surface area contributed by atoms with Gasteiger partial charge in [-0.3, -0.25) is 9.59 Å². The summed E-state index contributed by atoms with van der Waals surface area (Å²) in [5.41, 5.74) is 3.59. The molecule has 0 aliphatic carbocycles. The Morgan fingerprint density at radius 1 is 1.06 bits per heavy atom. The first-order valence-corrected chi connectivity index (χ1v) is 10.5. The molecule has 0 unspecified atom stereocenters. The van der Waals surface area contributed by atoms with Gasteiger partial charge in [0.1, 0.15) is 18.0 Å². The van der Waals surface area contributed by atoms with E-state index in [2.05, 4.69) is 10.3 Å². The Morgan fingerprint density at radius 3 is 2.81 bits per heavy atom. The van der Waals surface area contributed by atoms with Crippen molar-refractivity contribution in [2.45, 2.75) is 19.4 Å². The third-order valence-electron chi connectivity index (χ3n) is 5.39. The Kier molecular flexibility index (Phi) is 5.29. The van der Waals surface area contributed by atoms with Crippen LogP contribution >= 0.6 is 0 Å². The largest absolute Gasteiger partial charge is 0.487 e. The maximum absolute atomic E-state index is 12.8. The topological polar surface area (TPSA) is 75.9 Å². The lowest BCUT2D eigenvalue weighted by atomic mass is 10.2. The number of pyridine rings is 1. The molecule has 5 rings (SSSR count). The number of aromatic nitrogens is 2. The fourth-order valence-corrected chi connectivity index (χ4v) is 3.82. The third-order valence-corrected chi connectivity index (χ3v) is 5.39. The molecule has 1 saturated heterocycles. The van der Waals surface area contributed by atoms with Crippen LogP contribution in [0.3, 0.4) is 0 Å². The van der Waals surface area contributed by atoms with Gasteiger partial charge >= 0.3 is 0 Å². The van der Waals surface area contributed by atoms with Crippen molar-refractivity contribution in [3.63, 3.8) is 0 Å². The summed E-state index contributed by atoms with van der Waals surface area (Å²) in [7, 11) is 0. The van der Waals surface area contributed by atoms with E-state index in [1.807, 2.05) is 65.3 Å². The van der Waals surface area contributed by atoms with E-state index < -0.39 is 0 Å². The van der Waals surface area contributed by atoms with Crippen molar-refractivity contribution in [3.8, 4) is 5.75 Å². The van der Waals surface area contributed by atoms with Gasteiger partial charge in [-0.25, -0.2) is 4.98 Å². The Hall–Kier alpha value is -4.13. The lowest BCUT2D eigenvalue weighted by Crippen LogP contribution is -2.23. The van der Waals surface area contributed by atoms with E-state index in [1.54, 1.807) is 23.1 Å². The summed E-state index contributed by atoms with van der Waals surface area (Å²) >= 11 is 0. The zero-order chi connectivity index (χ0) is 21.9. The van der Waals surface area contributed by atoms with Gasteiger partial charge in [-0.1, -0.05) is 18.2 Å². The van der Waals surface area contributed by atoms with Crippen molar-refractivity contribution in [1.29, 1.82) is 0 Å². The van der Waals surface area contributed by atoms with E-state index in [0.717, 1.165) is 23.4 Å². The minimum atomic E-state index is -0.243. The maximum Gasteiger partial charge on any atom is 0.255 e. The van der Waals surface area contributed by atoms with E-state index in [9.17, 15) is 9.59 Å². The standard InChI is InChI=1S/C25H22N4O3/c30-24-11-5-13-29(24)21-8-4-7-19(15-21)27-25(31)18-6-3-9-22(14-18)32-17-20-16-28-12-2-1-10-23(28)26-20/h1-4,6-10,12,14-16H,5,11,13,17H2,(H,27,31). The molecule has 7 nitrogen and oxygen atoms in total. The average Bonchev–Trinajstić information content (AvgIpc) is 3.43. The second kappa shape index (κ2) is 8.55. The van der Waals surface area contributed by atoms with Gasteiger partial charge < -0.3 is 19.4 Å².